The largest absolute Gasteiger partial charge is 0.444 e. The second-order valence-corrected chi connectivity index (χ2v) is 8.55. The Kier molecular flexibility index (Phi) is 5.09. The Balaban J connectivity index is 1.72. The molecule has 1 saturated heterocycles. The van der Waals surface area contributed by atoms with Crippen molar-refractivity contribution < 1.29 is 18.3 Å². The first-order valence-corrected chi connectivity index (χ1v) is 9.50. The number of rotatable bonds is 2. The molecule has 1 fully saturated rings. The van der Waals surface area contributed by atoms with Crippen LogP contribution in [0, 0.1) is 0 Å². The van der Waals surface area contributed by atoms with Gasteiger partial charge in [-0.05, 0) is 61.3 Å². The van der Waals surface area contributed by atoms with Gasteiger partial charge in [0.05, 0.1) is 18.1 Å². The summed E-state index contributed by atoms with van der Waals surface area (Å²) in [5.41, 5.74) is 0.712. The van der Waals surface area contributed by atoms with E-state index in [4.69, 9.17) is 4.74 Å². The van der Waals surface area contributed by atoms with Crippen LogP contribution < -0.4 is 5.32 Å². The third kappa shape index (κ3) is 4.34. The van der Waals surface area contributed by atoms with Gasteiger partial charge in [0.2, 0.25) is 0 Å². The highest BCUT2D eigenvalue weighted by Gasteiger charge is 2.46. The van der Waals surface area contributed by atoms with Crippen molar-refractivity contribution in [3.63, 3.8) is 0 Å². The van der Waals surface area contributed by atoms with Gasteiger partial charge >= 0.3 is 6.09 Å². The molecule has 6 nitrogen and oxygen atoms in total. The number of fused-ring (bicyclic) bond motifs is 1. The van der Waals surface area contributed by atoms with Gasteiger partial charge in [-0.25, -0.2) is 13.6 Å². The predicted molar refractivity (Wildman–Crippen MR) is 103 cm³/mol. The number of aromatic nitrogens is 2. The Morgan fingerprint density at radius 2 is 2.11 bits per heavy atom. The van der Waals surface area contributed by atoms with Gasteiger partial charge in [0.15, 0.2) is 0 Å². The van der Waals surface area contributed by atoms with Crippen molar-refractivity contribution in [2.75, 3.05) is 18.4 Å². The zero-order chi connectivity index (χ0) is 20.0. The lowest BCUT2D eigenvalue weighted by molar-refractivity contribution is -0.0770. The van der Waals surface area contributed by atoms with Crippen LogP contribution in [-0.2, 0) is 11.8 Å². The highest BCUT2D eigenvalue weighted by Crippen LogP contribution is 2.32. The summed E-state index contributed by atoms with van der Waals surface area (Å²) in [5.74, 6) is -3.07. The molecule has 27 heavy (non-hydrogen) atoms. The summed E-state index contributed by atoms with van der Waals surface area (Å²) in [7, 11) is 1.80. The maximum Gasteiger partial charge on any atom is 0.410 e. The minimum atomic E-state index is -3.07. The third-order valence-corrected chi connectivity index (χ3v) is 4.98. The van der Waals surface area contributed by atoms with Crippen molar-refractivity contribution >= 4 is 38.6 Å². The molecule has 1 aliphatic rings. The van der Waals surface area contributed by atoms with Gasteiger partial charge in [-0.3, -0.25) is 4.68 Å². The molecule has 3 rings (SSSR count). The molecule has 2 aromatic rings. The van der Waals surface area contributed by atoms with E-state index in [1.54, 1.807) is 44.6 Å². The lowest BCUT2D eigenvalue weighted by atomic mass is 10.0. The zero-order valence-electron chi connectivity index (χ0n) is 15.7. The molecule has 9 heteroatoms. The quantitative estimate of drug-likeness (QED) is 0.745. The topological polar surface area (TPSA) is 59.4 Å². The summed E-state index contributed by atoms with van der Waals surface area (Å²) >= 11 is 3.38. The SMILES string of the molecule is Cn1nc(Br)c2ccc(NC3CCN(C(=O)OC(C)(C)C)CC3(F)F)cc21. The Morgan fingerprint density at radius 1 is 1.41 bits per heavy atom. The highest BCUT2D eigenvalue weighted by atomic mass is 79.9. The van der Waals surface area contributed by atoms with E-state index >= 15 is 0 Å². The number of amides is 1. The van der Waals surface area contributed by atoms with Gasteiger partial charge in [0.25, 0.3) is 5.92 Å². The molecule has 0 aliphatic carbocycles. The Morgan fingerprint density at radius 3 is 2.74 bits per heavy atom. The van der Waals surface area contributed by atoms with Crippen LogP contribution in [0.4, 0.5) is 19.3 Å². The number of nitrogens with zero attached hydrogens (tertiary/aromatic N) is 3. The van der Waals surface area contributed by atoms with Gasteiger partial charge in [-0.15, -0.1) is 0 Å². The van der Waals surface area contributed by atoms with E-state index in [1.807, 2.05) is 6.07 Å². The minimum absolute atomic E-state index is 0.124. The van der Waals surface area contributed by atoms with Crippen LogP contribution in [0.2, 0.25) is 0 Å². The van der Waals surface area contributed by atoms with Gasteiger partial charge in [0, 0.05) is 24.7 Å². The van der Waals surface area contributed by atoms with Gasteiger partial charge in [-0.2, -0.15) is 5.10 Å². The van der Waals surface area contributed by atoms with Crippen molar-refractivity contribution in [1.82, 2.24) is 14.7 Å². The maximum absolute atomic E-state index is 14.7. The van der Waals surface area contributed by atoms with E-state index in [0.29, 0.717) is 10.3 Å². The molecule has 1 amide bonds. The summed E-state index contributed by atoms with van der Waals surface area (Å²) < 4.78 is 36.9. The average molecular weight is 445 g/mol. The van der Waals surface area contributed by atoms with Crippen LogP contribution >= 0.6 is 15.9 Å². The second kappa shape index (κ2) is 6.92. The number of hydrogen-bond donors (Lipinski definition) is 1. The average Bonchev–Trinajstić information content (AvgIpc) is 2.81. The molecule has 1 unspecified atom stereocenters. The fourth-order valence-corrected chi connectivity index (χ4v) is 3.68. The molecular formula is C18H23BrF2N4O2. The molecule has 0 saturated carbocycles. The highest BCUT2D eigenvalue weighted by molar-refractivity contribution is 9.10. The molecule has 1 aromatic carbocycles. The first-order chi connectivity index (χ1) is 12.5. The third-order valence-electron chi connectivity index (χ3n) is 4.40. The van der Waals surface area contributed by atoms with Crippen molar-refractivity contribution in [3.05, 3.63) is 22.8 Å². The molecule has 0 spiro atoms. The van der Waals surface area contributed by atoms with Gasteiger partial charge in [0.1, 0.15) is 10.2 Å². The van der Waals surface area contributed by atoms with Crippen LogP contribution in [0.15, 0.2) is 22.8 Å². The number of likely N-dealkylation sites (tertiary alicyclic amines) is 1. The summed E-state index contributed by atoms with van der Waals surface area (Å²) in [6.45, 7) is 4.68. The number of alkyl halides is 2. The molecule has 1 aromatic heterocycles. The molecular weight excluding hydrogens is 422 g/mol. The maximum atomic E-state index is 14.7. The molecule has 0 radical (unpaired) electrons. The Labute approximate surface area is 165 Å². The number of ether oxygens (including phenoxy) is 1. The number of aryl methyl sites for hydroxylation is 1. The Bertz CT molecular complexity index is 863. The summed E-state index contributed by atoms with van der Waals surface area (Å²) in [5, 5.41) is 8.10. The molecule has 1 aliphatic heterocycles. The van der Waals surface area contributed by atoms with Crippen LogP contribution in [-0.4, -0.2) is 51.4 Å². The summed E-state index contributed by atoms with van der Waals surface area (Å²) in [4.78, 5) is 13.2. The lowest BCUT2D eigenvalue weighted by Gasteiger charge is -2.39. The fourth-order valence-electron chi connectivity index (χ4n) is 3.10. The zero-order valence-corrected chi connectivity index (χ0v) is 17.3. The van der Waals surface area contributed by atoms with Crippen LogP contribution in [0.1, 0.15) is 27.2 Å². The molecule has 1 N–H and O–H groups in total. The molecule has 2 heterocycles. The number of benzene rings is 1. The van der Waals surface area contributed by atoms with Gasteiger partial charge in [-0.1, -0.05) is 0 Å². The summed E-state index contributed by atoms with van der Waals surface area (Å²) in [6, 6.07) is 4.32. The fraction of sp³-hybridized carbons (Fsp3) is 0.556. The van der Waals surface area contributed by atoms with E-state index in [1.165, 1.54) is 0 Å². The smallest absolute Gasteiger partial charge is 0.410 e. The number of nitrogens with one attached hydrogen (secondary N) is 1. The lowest BCUT2D eigenvalue weighted by Crippen LogP contribution is -2.56. The number of carbonyl (C=O) groups excluding carboxylic acids is 1. The number of piperidine rings is 1. The van der Waals surface area contributed by atoms with Crippen LogP contribution in [0.5, 0.6) is 0 Å². The molecule has 0 bridgehead atoms. The minimum Gasteiger partial charge on any atom is -0.444 e. The Hall–Kier alpha value is -1.90. The van der Waals surface area contributed by atoms with Crippen LogP contribution in [0.25, 0.3) is 10.9 Å². The van der Waals surface area contributed by atoms with Crippen molar-refractivity contribution in [2.24, 2.45) is 7.05 Å². The van der Waals surface area contributed by atoms with E-state index < -0.39 is 30.2 Å². The monoisotopic (exact) mass is 444 g/mol. The van der Waals surface area contributed by atoms with Crippen molar-refractivity contribution in [2.45, 2.75) is 44.8 Å². The first kappa shape index (κ1) is 19.9. The van der Waals surface area contributed by atoms with E-state index in [-0.39, 0.29) is 13.0 Å². The summed E-state index contributed by atoms with van der Waals surface area (Å²) in [6.07, 6.45) is -0.582. The van der Waals surface area contributed by atoms with Crippen molar-refractivity contribution in [3.8, 4) is 0 Å². The second-order valence-electron chi connectivity index (χ2n) is 7.79. The van der Waals surface area contributed by atoms with E-state index in [9.17, 15) is 13.6 Å². The normalized spacial score (nSPS) is 20.0. The number of carbonyl (C=O) groups is 1. The number of halogens is 3. The standard InChI is InChI=1S/C18H23BrF2N4O2/c1-17(2,3)27-16(26)25-8-7-14(18(20,21)10-25)22-11-5-6-12-13(9-11)24(4)23-15(12)19/h5-6,9,14,22H,7-8,10H2,1-4H3. The first-order valence-electron chi connectivity index (χ1n) is 8.71. The molecule has 1 atom stereocenters. The van der Waals surface area contributed by atoms with Gasteiger partial charge < -0.3 is 15.0 Å². The number of hydrogen-bond acceptors (Lipinski definition) is 4. The number of anilines is 1. The predicted octanol–water partition coefficient (Wildman–Crippen LogP) is 4.39. The van der Waals surface area contributed by atoms with E-state index in [2.05, 4.69) is 26.3 Å². The van der Waals surface area contributed by atoms with Crippen molar-refractivity contribution in [1.29, 1.82) is 0 Å². The molecule has 148 valence electrons. The van der Waals surface area contributed by atoms with Crippen LogP contribution in [0.3, 0.4) is 0 Å². The van der Waals surface area contributed by atoms with E-state index in [0.717, 1.165) is 15.8 Å².